The second kappa shape index (κ2) is 9.84. The molecule has 0 radical (unpaired) electrons. The highest BCUT2D eigenvalue weighted by Crippen LogP contribution is 2.27. The van der Waals surface area contributed by atoms with Crippen LogP contribution < -0.4 is 5.32 Å². The summed E-state index contributed by atoms with van der Waals surface area (Å²) in [5, 5.41) is 7.59. The number of hydrogen-bond donors (Lipinski definition) is 1. The van der Waals surface area contributed by atoms with Gasteiger partial charge in [0.05, 0.1) is 18.5 Å². The van der Waals surface area contributed by atoms with Crippen LogP contribution in [-0.4, -0.2) is 56.2 Å². The van der Waals surface area contributed by atoms with Crippen LogP contribution in [0.4, 0.5) is 11.6 Å². The summed E-state index contributed by atoms with van der Waals surface area (Å²) in [5.41, 5.74) is 1.31. The number of aromatic nitrogens is 4. The number of rotatable bonds is 8. The molecule has 9 nitrogen and oxygen atoms in total. The predicted octanol–water partition coefficient (Wildman–Crippen LogP) is 3.37. The number of nitrogens with one attached hydrogen (secondary N) is 1. The fourth-order valence-electron chi connectivity index (χ4n) is 3.11. The third kappa shape index (κ3) is 4.71. The van der Waals surface area contributed by atoms with Crippen molar-refractivity contribution in [1.29, 1.82) is 0 Å². The van der Waals surface area contributed by atoms with E-state index in [1.807, 2.05) is 44.2 Å². The lowest BCUT2D eigenvalue weighted by atomic mass is 10.2. The number of amides is 1. The normalized spacial score (nSPS) is 10.6. The summed E-state index contributed by atoms with van der Waals surface area (Å²) in [4.78, 5) is 35.8. The molecular formula is C22H26N6O3. The van der Waals surface area contributed by atoms with Gasteiger partial charge in [0.15, 0.2) is 0 Å². The van der Waals surface area contributed by atoms with Crippen molar-refractivity contribution in [2.24, 2.45) is 0 Å². The third-order valence-corrected chi connectivity index (χ3v) is 4.69. The summed E-state index contributed by atoms with van der Waals surface area (Å²) in [5.74, 6) is 0.410. The van der Waals surface area contributed by atoms with Crippen LogP contribution in [0.15, 0.2) is 42.7 Å². The fourth-order valence-corrected chi connectivity index (χ4v) is 3.11. The Morgan fingerprint density at radius 3 is 2.42 bits per heavy atom. The highest BCUT2D eigenvalue weighted by Gasteiger charge is 2.24. The van der Waals surface area contributed by atoms with Crippen molar-refractivity contribution in [2.45, 2.75) is 27.7 Å². The van der Waals surface area contributed by atoms with Gasteiger partial charge >= 0.3 is 5.97 Å². The predicted molar refractivity (Wildman–Crippen MR) is 117 cm³/mol. The van der Waals surface area contributed by atoms with Crippen LogP contribution in [0.25, 0.3) is 5.69 Å². The van der Waals surface area contributed by atoms with E-state index < -0.39 is 5.97 Å². The van der Waals surface area contributed by atoms with Crippen LogP contribution in [0, 0.1) is 6.92 Å². The smallest absolute Gasteiger partial charge is 0.343 e. The standard InChI is InChI=1S/C22H26N6O3/c1-5-27(6-2)21(29)18-14-24-28(16-11-9-8-10-12-16)20(18)26-19-17(22(30)31-7-3)13-23-15(4)25-19/h8-14H,5-7H2,1-4H3,(H,23,25,26). The van der Waals surface area contributed by atoms with E-state index in [1.165, 1.54) is 12.4 Å². The molecule has 0 saturated carbocycles. The molecule has 0 aliphatic carbocycles. The molecule has 9 heteroatoms. The number of ether oxygens (including phenoxy) is 1. The fraction of sp³-hybridized carbons (Fsp3) is 0.318. The molecule has 3 aromatic rings. The molecule has 1 N–H and O–H groups in total. The summed E-state index contributed by atoms with van der Waals surface area (Å²) in [6, 6.07) is 9.41. The summed E-state index contributed by atoms with van der Waals surface area (Å²) < 4.78 is 6.75. The van der Waals surface area contributed by atoms with Crippen molar-refractivity contribution in [3.05, 3.63) is 59.7 Å². The van der Waals surface area contributed by atoms with Crippen LogP contribution in [0.5, 0.6) is 0 Å². The Kier molecular flexibility index (Phi) is 6.96. The molecule has 0 bridgehead atoms. The van der Waals surface area contributed by atoms with Gasteiger partial charge in [-0.1, -0.05) is 18.2 Å². The van der Waals surface area contributed by atoms with Gasteiger partial charge in [0.2, 0.25) is 0 Å². The highest BCUT2D eigenvalue weighted by atomic mass is 16.5. The first kappa shape index (κ1) is 21.9. The first-order valence-electron chi connectivity index (χ1n) is 10.2. The second-order valence-corrected chi connectivity index (χ2v) is 6.66. The molecule has 0 saturated heterocycles. The number of nitrogens with zero attached hydrogens (tertiary/aromatic N) is 5. The Morgan fingerprint density at radius 2 is 1.77 bits per heavy atom. The van der Waals surface area contributed by atoms with Gasteiger partial charge in [-0.15, -0.1) is 0 Å². The van der Waals surface area contributed by atoms with E-state index in [0.29, 0.717) is 30.3 Å². The summed E-state index contributed by atoms with van der Waals surface area (Å²) >= 11 is 0. The van der Waals surface area contributed by atoms with E-state index in [1.54, 1.807) is 23.4 Å². The van der Waals surface area contributed by atoms with Gasteiger partial charge in [0, 0.05) is 19.3 Å². The highest BCUT2D eigenvalue weighted by molar-refractivity contribution is 6.01. The molecule has 1 amide bonds. The van der Waals surface area contributed by atoms with Crippen LogP contribution in [0.3, 0.4) is 0 Å². The van der Waals surface area contributed by atoms with Gasteiger partial charge in [0.25, 0.3) is 5.91 Å². The Morgan fingerprint density at radius 1 is 1.06 bits per heavy atom. The van der Waals surface area contributed by atoms with E-state index in [-0.39, 0.29) is 23.9 Å². The van der Waals surface area contributed by atoms with Crippen LogP contribution >= 0.6 is 0 Å². The van der Waals surface area contributed by atoms with Crippen LogP contribution in [0.1, 0.15) is 47.3 Å². The molecule has 2 aromatic heterocycles. The van der Waals surface area contributed by atoms with Crippen molar-refractivity contribution in [2.75, 3.05) is 25.0 Å². The minimum Gasteiger partial charge on any atom is -0.462 e. The molecule has 0 atom stereocenters. The maximum absolute atomic E-state index is 13.2. The summed E-state index contributed by atoms with van der Waals surface area (Å²) in [7, 11) is 0. The van der Waals surface area contributed by atoms with E-state index in [2.05, 4.69) is 20.4 Å². The van der Waals surface area contributed by atoms with Gasteiger partial charge in [-0.25, -0.2) is 19.4 Å². The number of esters is 1. The van der Waals surface area contributed by atoms with Crippen molar-refractivity contribution >= 4 is 23.5 Å². The minimum absolute atomic E-state index is 0.168. The number of carbonyl (C=O) groups excluding carboxylic acids is 2. The summed E-state index contributed by atoms with van der Waals surface area (Å²) in [6.07, 6.45) is 2.94. The molecule has 162 valence electrons. The van der Waals surface area contributed by atoms with Crippen molar-refractivity contribution in [1.82, 2.24) is 24.6 Å². The lowest BCUT2D eigenvalue weighted by Crippen LogP contribution is -2.30. The average molecular weight is 422 g/mol. The van der Waals surface area contributed by atoms with Crippen molar-refractivity contribution in [3.8, 4) is 5.69 Å². The second-order valence-electron chi connectivity index (χ2n) is 6.66. The summed E-state index contributed by atoms with van der Waals surface area (Å²) in [6.45, 7) is 8.63. The molecule has 3 rings (SSSR count). The maximum Gasteiger partial charge on any atom is 0.343 e. The van der Waals surface area contributed by atoms with E-state index in [9.17, 15) is 9.59 Å². The lowest BCUT2D eigenvalue weighted by molar-refractivity contribution is 0.0526. The molecule has 0 aliphatic rings. The van der Waals surface area contributed by atoms with E-state index >= 15 is 0 Å². The molecule has 2 heterocycles. The number of hydrogen-bond acceptors (Lipinski definition) is 7. The molecule has 0 aliphatic heterocycles. The van der Waals surface area contributed by atoms with Gasteiger partial charge < -0.3 is 15.0 Å². The largest absolute Gasteiger partial charge is 0.462 e. The third-order valence-electron chi connectivity index (χ3n) is 4.69. The van der Waals surface area contributed by atoms with Gasteiger partial charge in [0.1, 0.15) is 28.6 Å². The van der Waals surface area contributed by atoms with Gasteiger partial charge in [-0.2, -0.15) is 5.10 Å². The van der Waals surface area contributed by atoms with Crippen molar-refractivity contribution < 1.29 is 14.3 Å². The van der Waals surface area contributed by atoms with Gasteiger partial charge in [-0.3, -0.25) is 4.79 Å². The number of para-hydroxylation sites is 1. The van der Waals surface area contributed by atoms with Crippen LogP contribution in [0.2, 0.25) is 0 Å². The zero-order chi connectivity index (χ0) is 22.4. The number of carbonyl (C=O) groups is 2. The zero-order valence-corrected chi connectivity index (χ0v) is 18.1. The topological polar surface area (TPSA) is 102 Å². The zero-order valence-electron chi connectivity index (χ0n) is 18.1. The molecule has 0 unspecified atom stereocenters. The van der Waals surface area contributed by atoms with E-state index in [0.717, 1.165) is 5.69 Å². The number of aryl methyl sites for hydroxylation is 1. The first-order chi connectivity index (χ1) is 15.0. The van der Waals surface area contributed by atoms with E-state index in [4.69, 9.17) is 4.74 Å². The lowest BCUT2D eigenvalue weighted by Gasteiger charge is -2.19. The van der Waals surface area contributed by atoms with Crippen molar-refractivity contribution in [3.63, 3.8) is 0 Å². The quantitative estimate of drug-likeness (QED) is 0.555. The SMILES string of the molecule is CCOC(=O)c1cnc(C)nc1Nc1c(C(=O)N(CC)CC)cnn1-c1ccccc1. The average Bonchev–Trinajstić information content (AvgIpc) is 3.19. The molecule has 1 aromatic carbocycles. The number of benzene rings is 1. The van der Waals surface area contributed by atoms with Crippen LogP contribution in [-0.2, 0) is 4.74 Å². The minimum atomic E-state index is -0.549. The Bertz CT molecular complexity index is 1060. The molecular weight excluding hydrogens is 396 g/mol. The Labute approximate surface area is 181 Å². The maximum atomic E-state index is 13.2. The molecule has 31 heavy (non-hydrogen) atoms. The Hall–Kier alpha value is -3.75. The first-order valence-corrected chi connectivity index (χ1v) is 10.2. The van der Waals surface area contributed by atoms with Gasteiger partial charge in [-0.05, 0) is 39.8 Å². The molecule has 0 spiro atoms. The number of anilines is 2. The Balaban J connectivity index is 2.13. The molecule has 0 fully saturated rings. The monoisotopic (exact) mass is 422 g/mol.